The van der Waals surface area contributed by atoms with Gasteiger partial charge in [-0.05, 0) is 37.1 Å². The Morgan fingerprint density at radius 1 is 1.00 bits per heavy atom. The molecule has 1 aromatic carbocycles. The quantitative estimate of drug-likeness (QED) is 0.637. The molecule has 0 aliphatic carbocycles. The molecular formula is C13H12N4. The van der Waals surface area contributed by atoms with E-state index in [1.165, 1.54) is 11.1 Å². The highest BCUT2D eigenvalue weighted by Gasteiger charge is 2.06. The van der Waals surface area contributed by atoms with Crippen molar-refractivity contribution in [1.29, 1.82) is 0 Å². The Hall–Kier alpha value is -2.23. The summed E-state index contributed by atoms with van der Waals surface area (Å²) >= 11 is 0. The highest BCUT2D eigenvalue weighted by Crippen LogP contribution is 2.17. The van der Waals surface area contributed by atoms with E-state index in [0.717, 1.165) is 16.9 Å². The zero-order valence-electron chi connectivity index (χ0n) is 9.75. The van der Waals surface area contributed by atoms with Gasteiger partial charge in [0.1, 0.15) is 18.2 Å². The van der Waals surface area contributed by atoms with E-state index in [-0.39, 0.29) is 0 Å². The number of aryl methyl sites for hydroxylation is 2. The first-order chi connectivity index (χ1) is 8.24. The van der Waals surface area contributed by atoms with Gasteiger partial charge < -0.3 is 0 Å². The first-order valence-electron chi connectivity index (χ1n) is 5.46. The SMILES string of the molecule is Cc1cc(C)cc(-n2cnc3cncnc32)c1. The molecule has 0 radical (unpaired) electrons. The molecule has 2 aromatic heterocycles. The van der Waals surface area contributed by atoms with Gasteiger partial charge in [0, 0.05) is 5.69 Å². The van der Waals surface area contributed by atoms with Crippen molar-refractivity contribution < 1.29 is 0 Å². The van der Waals surface area contributed by atoms with Crippen molar-refractivity contribution >= 4 is 11.2 Å². The molecule has 4 nitrogen and oxygen atoms in total. The molecule has 17 heavy (non-hydrogen) atoms. The fourth-order valence-corrected chi connectivity index (χ4v) is 2.05. The van der Waals surface area contributed by atoms with Crippen molar-refractivity contribution in [2.45, 2.75) is 13.8 Å². The minimum Gasteiger partial charge on any atom is -0.283 e. The van der Waals surface area contributed by atoms with E-state index in [4.69, 9.17) is 0 Å². The van der Waals surface area contributed by atoms with Gasteiger partial charge in [0.2, 0.25) is 0 Å². The lowest BCUT2D eigenvalue weighted by molar-refractivity contribution is 1.05. The number of hydrogen-bond donors (Lipinski definition) is 0. The Bertz CT molecular complexity index is 664. The van der Waals surface area contributed by atoms with E-state index in [0.29, 0.717) is 0 Å². The molecule has 2 heterocycles. The van der Waals surface area contributed by atoms with Crippen LogP contribution in [0.1, 0.15) is 11.1 Å². The van der Waals surface area contributed by atoms with Gasteiger partial charge in [0.05, 0.1) is 6.20 Å². The van der Waals surface area contributed by atoms with Gasteiger partial charge in [-0.3, -0.25) is 4.57 Å². The highest BCUT2D eigenvalue weighted by molar-refractivity contribution is 5.71. The Morgan fingerprint density at radius 3 is 2.53 bits per heavy atom. The largest absolute Gasteiger partial charge is 0.283 e. The predicted molar refractivity (Wildman–Crippen MR) is 66.1 cm³/mol. The highest BCUT2D eigenvalue weighted by atomic mass is 15.1. The van der Waals surface area contributed by atoms with Crippen LogP contribution in [-0.2, 0) is 0 Å². The van der Waals surface area contributed by atoms with Crippen molar-refractivity contribution in [3.63, 3.8) is 0 Å². The van der Waals surface area contributed by atoms with Gasteiger partial charge in [-0.25, -0.2) is 15.0 Å². The summed E-state index contributed by atoms with van der Waals surface area (Å²) in [6, 6.07) is 6.39. The normalized spacial score (nSPS) is 10.9. The Labute approximate surface area is 99.0 Å². The average molecular weight is 224 g/mol. The summed E-state index contributed by atoms with van der Waals surface area (Å²) in [5.74, 6) is 0. The molecule has 0 bridgehead atoms. The maximum absolute atomic E-state index is 4.29. The van der Waals surface area contributed by atoms with Crippen molar-refractivity contribution in [2.75, 3.05) is 0 Å². The predicted octanol–water partition coefficient (Wildman–Crippen LogP) is 2.43. The third-order valence-electron chi connectivity index (χ3n) is 2.70. The van der Waals surface area contributed by atoms with Crippen LogP contribution < -0.4 is 0 Å². The maximum Gasteiger partial charge on any atom is 0.167 e. The summed E-state index contributed by atoms with van der Waals surface area (Å²) in [5, 5.41) is 0. The zero-order chi connectivity index (χ0) is 11.8. The van der Waals surface area contributed by atoms with Crippen LogP contribution in [-0.4, -0.2) is 19.5 Å². The van der Waals surface area contributed by atoms with E-state index >= 15 is 0 Å². The zero-order valence-corrected chi connectivity index (χ0v) is 9.75. The van der Waals surface area contributed by atoms with Crippen LogP contribution in [0.3, 0.4) is 0 Å². The number of hydrogen-bond acceptors (Lipinski definition) is 3. The van der Waals surface area contributed by atoms with Crippen molar-refractivity contribution in [3.05, 3.63) is 48.2 Å². The van der Waals surface area contributed by atoms with Crippen LogP contribution in [0.5, 0.6) is 0 Å². The topological polar surface area (TPSA) is 43.6 Å². The van der Waals surface area contributed by atoms with Crippen LogP contribution in [0.4, 0.5) is 0 Å². The molecule has 0 aliphatic heterocycles. The molecule has 84 valence electrons. The molecule has 0 spiro atoms. The van der Waals surface area contributed by atoms with Gasteiger partial charge in [0.25, 0.3) is 0 Å². The van der Waals surface area contributed by atoms with Crippen LogP contribution in [0.25, 0.3) is 16.9 Å². The molecule has 0 amide bonds. The van der Waals surface area contributed by atoms with Crippen molar-refractivity contribution in [2.24, 2.45) is 0 Å². The fraction of sp³-hybridized carbons (Fsp3) is 0.154. The lowest BCUT2D eigenvalue weighted by Crippen LogP contribution is -1.95. The van der Waals surface area contributed by atoms with Crippen molar-refractivity contribution in [1.82, 2.24) is 19.5 Å². The maximum atomic E-state index is 4.29. The van der Waals surface area contributed by atoms with Gasteiger partial charge >= 0.3 is 0 Å². The van der Waals surface area contributed by atoms with E-state index in [1.54, 1.807) is 18.9 Å². The molecule has 3 aromatic rings. The van der Waals surface area contributed by atoms with E-state index in [9.17, 15) is 0 Å². The second-order valence-electron chi connectivity index (χ2n) is 4.19. The lowest BCUT2D eigenvalue weighted by atomic mass is 10.1. The number of nitrogens with zero attached hydrogens (tertiary/aromatic N) is 4. The first kappa shape index (κ1) is 9.96. The molecule has 4 heteroatoms. The standard InChI is InChI=1S/C13H12N4/c1-9-3-10(2)5-11(4-9)17-8-16-12-6-14-7-15-13(12)17/h3-8H,1-2H3. The van der Waals surface area contributed by atoms with E-state index in [2.05, 4.69) is 47.0 Å². The van der Waals surface area contributed by atoms with Crippen LogP contribution in [0.15, 0.2) is 37.1 Å². The summed E-state index contributed by atoms with van der Waals surface area (Å²) in [7, 11) is 0. The second-order valence-corrected chi connectivity index (χ2v) is 4.19. The lowest BCUT2D eigenvalue weighted by Gasteiger charge is -2.06. The minimum absolute atomic E-state index is 0.812. The second kappa shape index (κ2) is 3.66. The summed E-state index contributed by atoms with van der Waals surface area (Å²) in [5.41, 5.74) is 5.20. The number of aromatic nitrogens is 4. The van der Waals surface area contributed by atoms with Crippen LogP contribution in [0, 0.1) is 13.8 Å². The first-order valence-corrected chi connectivity index (χ1v) is 5.46. The van der Waals surface area contributed by atoms with Gasteiger partial charge in [-0.2, -0.15) is 0 Å². The van der Waals surface area contributed by atoms with Crippen LogP contribution in [0.2, 0.25) is 0 Å². The summed E-state index contributed by atoms with van der Waals surface area (Å²) in [6.45, 7) is 4.18. The average Bonchev–Trinajstić information content (AvgIpc) is 2.71. The number of benzene rings is 1. The summed E-state index contributed by atoms with van der Waals surface area (Å²) in [4.78, 5) is 12.5. The molecule has 0 atom stereocenters. The van der Waals surface area contributed by atoms with E-state index in [1.807, 2.05) is 4.57 Å². The summed E-state index contributed by atoms with van der Waals surface area (Å²) in [6.07, 6.45) is 5.05. The Kier molecular flexibility index (Phi) is 2.14. The van der Waals surface area contributed by atoms with Gasteiger partial charge in [-0.15, -0.1) is 0 Å². The number of fused-ring (bicyclic) bond motifs is 1. The van der Waals surface area contributed by atoms with Gasteiger partial charge in [0.15, 0.2) is 5.65 Å². The van der Waals surface area contributed by atoms with E-state index < -0.39 is 0 Å². The minimum atomic E-state index is 0.812. The summed E-state index contributed by atoms with van der Waals surface area (Å²) < 4.78 is 1.98. The molecule has 0 fully saturated rings. The molecule has 0 unspecified atom stereocenters. The molecule has 0 saturated heterocycles. The van der Waals surface area contributed by atoms with Crippen LogP contribution >= 0.6 is 0 Å². The van der Waals surface area contributed by atoms with Crippen molar-refractivity contribution in [3.8, 4) is 5.69 Å². The third-order valence-corrected chi connectivity index (χ3v) is 2.70. The number of imidazole rings is 1. The monoisotopic (exact) mass is 224 g/mol. The fourth-order valence-electron chi connectivity index (χ4n) is 2.05. The Morgan fingerprint density at radius 2 is 1.76 bits per heavy atom. The molecule has 3 rings (SSSR count). The molecule has 0 saturated carbocycles. The number of rotatable bonds is 1. The smallest absolute Gasteiger partial charge is 0.167 e. The van der Waals surface area contributed by atoms with Gasteiger partial charge in [-0.1, -0.05) is 6.07 Å². The molecule has 0 aliphatic rings. The third kappa shape index (κ3) is 1.67. The molecular weight excluding hydrogens is 212 g/mol. The molecule has 0 N–H and O–H groups in total. The Balaban J connectivity index is 2.27.